The fraction of sp³-hybridized carbons (Fsp3) is 0.350. The zero-order chi connectivity index (χ0) is 19.5. The van der Waals surface area contributed by atoms with Crippen LogP contribution >= 0.6 is 0 Å². The third-order valence-electron chi connectivity index (χ3n) is 5.45. The van der Waals surface area contributed by atoms with Crippen LogP contribution in [0.1, 0.15) is 18.1 Å². The summed E-state index contributed by atoms with van der Waals surface area (Å²) in [4.78, 5) is 37.0. The predicted molar refractivity (Wildman–Crippen MR) is 104 cm³/mol. The molecule has 27 heavy (non-hydrogen) atoms. The van der Waals surface area contributed by atoms with Gasteiger partial charge in [-0.05, 0) is 44.0 Å². The first kappa shape index (κ1) is 17.3. The van der Waals surface area contributed by atoms with Crippen molar-refractivity contribution in [1.29, 1.82) is 0 Å². The van der Waals surface area contributed by atoms with E-state index in [2.05, 4.69) is 32.6 Å². The molecule has 3 amide bonds. The first-order valence-electron chi connectivity index (χ1n) is 8.96. The Balaban J connectivity index is 1.74. The third-order valence-corrected chi connectivity index (χ3v) is 5.45. The third kappa shape index (κ3) is 2.38. The number of rotatable bonds is 3. The van der Waals surface area contributed by atoms with Gasteiger partial charge in [0.25, 0.3) is 5.91 Å². The molecule has 0 saturated carbocycles. The molecule has 4 rings (SSSR count). The fourth-order valence-electron chi connectivity index (χ4n) is 3.83. The van der Waals surface area contributed by atoms with Crippen molar-refractivity contribution in [3.8, 4) is 0 Å². The molecule has 1 aromatic rings. The van der Waals surface area contributed by atoms with Gasteiger partial charge in [0.05, 0.1) is 0 Å². The number of aliphatic imine (C=N–C) groups is 1. The standard InChI is InChI=1S/C20H23N5O2/c1-6-9-23-18(26)16-17(22(5)20(23)27)21-19-24(16)11-14(4)25(19)15-8-7-12(2)13(3)10-15/h6-8,10-11,16-17H,1,9H2,2-5H3. The monoisotopic (exact) mass is 365 g/mol. The topological polar surface area (TPSA) is 59.5 Å². The van der Waals surface area contributed by atoms with Crippen molar-refractivity contribution >= 4 is 23.6 Å². The van der Waals surface area contributed by atoms with Crippen LogP contribution in [0.25, 0.3) is 0 Å². The van der Waals surface area contributed by atoms with Crippen molar-refractivity contribution in [2.24, 2.45) is 4.99 Å². The maximum Gasteiger partial charge on any atom is 0.328 e. The number of anilines is 1. The largest absolute Gasteiger partial charge is 0.328 e. The molecule has 2 unspecified atom stereocenters. The minimum atomic E-state index is -0.547. The SMILES string of the molecule is C=CCN1C(=O)C2C(N=C3N(c4ccc(C)c(C)c4)C(C)=CN32)N(C)C1=O. The van der Waals surface area contributed by atoms with Gasteiger partial charge < -0.3 is 9.80 Å². The number of imide groups is 1. The maximum absolute atomic E-state index is 13.0. The molecule has 3 aliphatic rings. The molecule has 0 N–H and O–H groups in total. The average molecular weight is 365 g/mol. The van der Waals surface area contributed by atoms with Crippen molar-refractivity contribution in [3.05, 3.63) is 53.9 Å². The summed E-state index contributed by atoms with van der Waals surface area (Å²) in [6.45, 7) is 9.99. The summed E-state index contributed by atoms with van der Waals surface area (Å²) < 4.78 is 0. The van der Waals surface area contributed by atoms with E-state index in [1.54, 1.807) is 13.1 Å². The Morgan fingerprint density at radius 3 is 2.59 bits per heavy atom. The number of carbonyl (C=O) groups excluding carboxylic acids is 2. The normalized spacial score (nSPS) is 24.1. The van der Waals surface area contributed by atoms with E-state index in [1.165, 1.54) is 20.9 Å². The quantitative estimate of drug-likeness (QED) is 0.772. The predicted octanol–water partition coefficient (Wildman–Crippen LogP) is 2.43. The highest BCUT2D eigenvalue weighted by Gasteiger charge is 2.54. The first-order chi connectivity index (χ1) is 12.8. The van der Waals surface area contributed by atoms with Crippen LogP contribution in [0.2, 0.25) is 0 Å². The van der Waals surface area contributed by atoms with Crippen LogP contribution in [0.3, 0.4) is 0 Å². The number of aryl methyl sites for hydroxylation is 2. The molecule has 0 bridgehead atoms. The maximum atomic E-state index is 13.0. The number of urea groups is 1. The van der Waals surface area contributed by atoms with Crippen LogP contribution < -0.4 is 4.90 Å². The molecule has 3 aliphatic heterocycles. The van der Waals surface area contributed by atoms with Crippen LogP contribution in [-0.2, 0) is 4.79 Å². The lowest BCUT2D eigenvalue weighted by Gasteiger charge is -2.39. The lowest BCUT2D eigenvalue weighted by atomic mass is 10.1. The molecule has 2 atom stereocenters. The molecule has 0 spiro atoms. The average Bonchev–Trinajstić information content (AvgIpc) is 3.14. The van der Waals surface area contributed by atoms with Crippen LogP contribution in [-0.4, -0.2) is 58.4 Å². The molecule has 140 valence electrons. The first-order valence-corrected chi connectivity index (χ1v) is 8.96. The lowest BCUT2D eigenvalue weighted by Crippen LogP contribution is -2.64. The summed E-state index contributed by atoms with van der Waals surface area (Å²) in [5.41, 5.74) is 4.39. The molecule has 3 heterocycles. The Morgan fingerprint density at radius 1 is 1.19 bits per heavy atom. The van der Waals surface area contributed by atoms with Gasteiger partial charge in [-0.3, -0.25) is 14.6 Å². The van der Waals surface area contributed by atoms with Gasteiger partial charge in [-0.25, -0.2) is 9.79 Å². The van der Waals surface area contributed by atoms with E-state index in [0.717, 1.165) is 11.4 Å². The van der Waals surface area contributed by atoms with Crippen LogP contribution in [0, 0.1) is 13.8 Å². The van der Waals surface area contributed by atoms with Crippen LogP contribution in [0.15, 0.2) is 47.7 Å². The zero-order valence-electron chi connectivity index (χ0n) is 16.0. The Labute approximate surface area is 158 Å². The molecule has 1 saturated heterocycles. The summed E-state index contributed by atoms with van der Waals surface area (Å²) in [7, 11) is 1.69. The summed E-state index contributed by atoms with van der Waals surface area (Å²) in [5, 5.41) is 0. The number of carbonyl (C=O) groups is 2. The number of benzene rings is 1. The second-order valence-corrected chi connectivity index (χ2v) is 7.20. The molecule has 1 fully saturated rings. The second kappa shape index (κ2) is 5.97. The van der Waals surface area contributed by atoms with Gasteiger partial charge in [0.15, 0.2) is 12.2 Å². The Kier molecular flexibility index (Phi) is 3.83. The number of amides is 3. The highest BCUT2D eigenvalue weighted by atomic mass is 16.2. The van der Waals surface area contributed by atoms with Crippen molar-refractivity contribution in [3.63, 3.8) is 0 Å². The van der Waals surface area contributed by atoms with Gasteiger partial charge in [-0.1, -0.05) is 12.1 Å². The van der Waals surface area contributed by atoms with E-state index < -0.39 is 12.2 Å². The van der Waals surface area contributed by atoms with Crippen molar-refractivity contribution < 1.29 is 9.59 Å². The molecule has 7 heteroatoms. The van der Waals surface area contributed by atoms with Crippen molar-refractivity contribution in [1.82, 2.24) is 14.7 Å². The molecular weight excluding hydrogens is 342 g/mol. The Bertz CT molecular complexity index is 919. The minimum absolute atomic E-state index is 0.192. The lowest BCUT2D eigenvalue weighted by molar-refractivity contribution is -0.136. The van der Waals surface area contributed by atoms with Gasteiger partial charge >= 0.3 is 6.03 Å². The van der Waals surface area contributed by atoms with E-state index in [4.69, 9.17) is 4.99 Å². The molecule has 7 nitrogen and oxygen atoms in total. The fourth-order valence-corrected chi connectivity index (χ4v) is 3.83. The number of hydrogen-bond donors (Lipinski definition) is 0. The molecule has 1 aromatic carbocycles. The summed E-state index contributed by atoms with van der Waals surface area (Å²) in [6, 6.07) is 5.35. The highest BCUT2D eigenvalue weighted by molar-refractivity contribution is 6.10. The summed E-state index contributed by atoms with van der Waals surface area (Å²) in [5.74, 6) is 0.437. The number of nitrogens with zero attached hydrogens (tertiary/aromatic N) is 5. The number of hydrogen-bond acceptors (Lipinski definition) is 5. The number of likely N-dealkylation sites (N-methyl/N-ethyl adjacent to an activating group) is 1. The molecule has 0 aromatic heterocycles. The number of guanidine groups is 1. The second-order valence-electron chi connectivity index (χ2n) is 7.20. The van der Waals surface area contributed by atoms with Crippen LogP contribution in [0.5, 0.6) is 0 Å². The van der Waals surface area contributed by atoms with Gasteiger partial charge in [-0.15, -0.1) is 6.58 Å². The highest BCUT2D eigenvalue weighted by Crippen LogP contribution is 2.36. The van der Waals surface area contributed by atoms with Gasteiger partial charge in [-0.2, -0.15) is 0 Å². The molecule has 0 aliphatic carbocycles. The van der Waals surface area contributed by atoms with E-state index in [-0.39, 0.29) is 18.5 Å². The van der Waals surface area contributed by atoms with Crippen LogP contribution in [0.4, 0.5) is 10.5 Å². The zero-order valence-corrected chi connectivity index (χ0v) is 16.0. The number of allylic oxidation sites excluding steroid dienone is 1. The summed E-state index contributed by atoms with van der Waals surface area (Å²) in [6.07, 6.45) is 2.97. The minimum Gasteiger partial charge on any atom is -0.302 e. The van der Waals surface area contributed by atoms with E-state index in [1.807, 2.05) is 29.0 Å². The summed E-state index contributed by atoms with van der Waals surface area (Å²) >= 11 is 0. The molecule has 0 radical (unpaired) electrons. The van der Waals surface area contributed by atoms with Gasteiger partial charge in [0.1, 0.15) is 0 Å². The van der Waals surface area contributed by atoms with Gasteiger partial charge in [0.2, 0.25) is 5.96 Å². The van der Waals surface area contributed by atoms with E-state index in [9.17, 15) is 9.59 Å². The Hall–Kier alpha value is -3.09. The number of fused-ring (bicyclic) bond motifs is 3. The van der Waals surface area contributed by atoms with E-state index in [0.29, 0.717) is 5.96 Å². The van der Waals surface area contributed by atoms with Crippen molar-refractivity contribution in [2.75, 3.05) is 18.5 Å². The Morgan fingerprint density at radius 2 is 1.93 bits per heavy atom. The molecular formula is C20H23N5O2. The van der Waals surface area contributed by atoms with Crippen molar-refractivity contribution in [2.45, 2.75) is 33.0 Å². The van der Waals surface area contributed by atoms with Gasteiger partial charge in [0, 0.05) is 31.2 Å². The smallest absolute Gasteiger partial charge is 0.302 e. The van der Waals surface area contributed by atoms with E-state index >= 15 is 0 Å².